The lowest BCUT2D eigenvalue weighted by molar-refractivity contribution is -0.126. The molecule has 4 N–H and O–H groups in total. The van der Waals surface area contributed by atoms with Gasteiger partial charge in [0.2, 0.25) is 5.91 Å². The van der Waals surface area contributed by atoms with Crippen molar-refractivity contribution in [3.05, 3.63) is 30.1 Å². The van der Waals surface area contributed by atoms with Gasteiger partial charge in [0.1, 0.15) is 5.60 Å². The van der Waals surface area contributed by atoms with Gasteiger partial charge in [-0.3, -0.25) is 9.78 Å². The molecule has 2 rings (SSSR count). The Kier molecular flexibility index (Phi) is 7.83. The van der Waals surface area contributed by atoms with Gasteiger partial charge in [-0.2, -0.15) is 0 Å². The number of rotatable bonds is 4. The number of hydrogen-bond acceptors (Lipinski definition) is 5. The summed E-state index contributed by atoms with van der Waals surface area (Å²) in [5.41, 5.74) is 0.670. The van der Waals surface area contributed by atoms with E-state index in [4.69, 9.17) is 4.74 Å². The minimum atomic E-state index is -0.488. The van der Waals surface area contributed by atoms with Crippen LogP contribution >= 0.6 is 0 Å². The topological polar surface area (TPSA) is 107 Å². The zero-order valence-electron chi connectivity index (χ0n) is 15.5. The van der Waals surface area contributed by atoms with E-state index in [1.807, 2.05) is 32.9 Å². The number of aromatic nitrogens is 1. The van der Waals surface area contributed by atoms with Gasteiger partial charge in [-0.15, -0.1) is 0 Å². The number of likely N-dealkylation sites (tertiary alicyclic amines) is 1. The molecule has 1 fully saturated rings. The van der Waals surface area contributed by atoms with Crippen LogP contribution in [0.2, 0.25) is 0 Å². The average Bonchev–Trinajstić information content (AvgIpc) is 2.54. The highest BCUT2D eigenvalue weighted by Gasteiger charge is 2.29. The normalized spacial score (nSPS) is 15.2. The molecular weight excluding hydrogens is 320 g/mol. The second-order valence-corrected chi connectivity index (χ2v) is 7.14. The van der Waals surface area contributed by atoms with Gasteiger partial charge in [-0.05, 0) is 57.7 Å². The first-order valence-corrected chi connectivity index (χ1v) is 8.50. The fourth-order valence-corrected chi connectivity index (χ4v) is 2.67. The summed E-state index contributed by atoms with van der Waals surface area (Å²) in [5.74, 6) is 0.0500. The summed E-state index contributed by atoms with van der Waals surface area (Å²) in [6.45, 7) is 7.32. The highest BCUT2D eigenvalue weighted by Crippen LogP contribution is 2.19. The quantitative estimate of drug-likeness (QED) is 0.868. The molecular formula is C18H30N4O3. The number of nitrogens with zero attached hydrogens (tertiary/aromatic N) is 2. The Balaban J connectivity index is 0.00000312. The van der Waals surface area contributed by atoms with Gasteiger partial charge in [-0.1, -0.05) is 0 Å². The number of ether oxygens (including phenoxy) is 1. The monoisotopic (exact) mass is 350 g/mol. The fourth-order valence-electron chi connectivity index (χ4n) is 2.67. The van der Waals surface area contributed by atoms with Crippen molar-refractivity contribution in [1.29, 1.82) is 0 Å². The molecule has 1 aliphatic rings. The SMILES string of the molecule is CC(C)(C)OC(=O)N1CCC(C(=O)NCCc2ccncc2)CC1.N. The average molecular weight is 350 g/mol. The smallest absolute Gasteiger partial charge is 0.410 e. The van der Waals surface area contributed by atoms with Gasteiger partial charge < -0.3 is 21.1 Å². The number of hydrogen-bond donors (Lipinski definition) is 2. The van der Waals surface area contributed by atoms with Crippen LogP contribution in [-0.2, 0) is 16.0 Å². The summed E-state index contributed by atoms with van der Waals surface area (Å²) in [6, 6.07) is 3.90. The molecule has 7 heteroatoms. The molecule has 1 saturated heterocycles. The first kappa shape index (κ1) is 20.9. The van der Waals surface area contributed by atoms with Gasteiger partial charge in [0, 0.05) is 37.9 Å². The lowest BCUT2D eigenvalue weighted by Gasteiger charge is -2.32. The number of amides is 2. The van der Waals surface area contributed by atoms with E-state index >= 15 is 0 Å². The van der Waals surface area contributed by atoms with Crippen LogP contribution in [0.1, 0.15) is 39.2 Å². The maximum absolute atomic E-state index is 12.2. The van der Waals surface area contributed by atoms with Crippen LogP contribution in [0.4, 0.5) is 4.79 Å². The Labute approximate surface area is 149 Å². The van der Waals surface area contributed by atoms with Crippen molar-refractivity contribution >= 4 is 12.0 Å². The first-order valence-electron chi connectivity index (χ1n) is 8.50. The Morgan fingerprint density at radius 1 is 1.24 bits per heavy atom. The van der Waals surface area contributed by atoms with E-state index in [1.165, 1.54) is 0 Å². The molecule has 2 heterocycles. The molecule has 0 aliphatic carbocycles. The van der Waals surface area contributed by atoms with E-state index in [9.17, 15) is 9.59 Å². The molecule has 140 valence electrons. The second kappa shape index (κ2) is 9.36. The van der Waals surface area contributed by atoms with E-state index in [-0.39, 0.29) is 24.1 Å². The number of piperidine rings is 1. The second-order valence-electron chi connectivity index (χ2n) is 7.14. The van der Waals surface area contributed by atoms with Crippen molar-refractivity contribution in [2.75, 3.05) is 19.6 Å². The zero-order valence-corrected chi connectivity index (χ0v) is 15.5. The van der Waals surface area contributed by atoms with Crippen LogP contribution in [-0.4, -0.2) is 47.1 Å². The Bertz CT molecular complexity index is 549. The third-order valence-electron chi connectivity index (χ3n) is 3.98. The standard InChI is InChI=1S/C18H27N3O3.H3N/c1-18(2,3)24-17(23)21-12-7-15(8-13-21)16(22)20-11-6-14-4-9-19-10-5-14;/h4-5,9-10,15H,6-8,11-13H2,1-3H3,(H,20,22);1H3. The summed E-state index contributed by atoms with van der Waals surface area (Å²) >= 11 is 0. The maximum atomic E-state index is 12.2. The first-order chi connectivity index (χ1) is 11.3. The number of pyridine rings is 1. The molecule has 1 aromatic heterocycles. The van der Waals surface area contributed by atoms with E-state index in [1.54, 1.807) is 17.3 Å². The van der Waals surface area contributed by atoms with Gasteiger partial charge in [0.25, 0.3) is 0 Å². The van der Waals surface area contributed by atoms with Crippen molar-refractivity contribution in [2.45, 2.75) is 45.6 Å². The molecule has 1 aromatic rings. The molecule has 1 aliphatic heterocycles. The van der Waals surface area contributed by atoms with E-state index in [0.717, 1.165) is 12.0 Å². The number of carbonyl (C=O) groups is 2. The number of carbonyl (C=O) groups excluding carboxylic acids is 2. The van der Waals surface area contributed by atoms with Crippen LogP contribution < -0.4 is 11.5 Å². The molecule has 0 spiro atoms. The lowest BCUT2D eigenvalue weighted by atomic mass is 9.96. The van der Waals surface area contributed by atoms with Crippen molar-refractivity contribution in [1.82, 2.24) is 21.4 Å². The third kappa shape index (κ3) is 7.09. The Hall–Kier alpha value is -2.15. The van der Waals surface area contributed by atoms with Crippen LogP contribution in [0.25, 0.3) is 0 Å². The summed E-state index contributed by atoms with van der Waals surface area (Å²) in [5, 5.41) is 2.99. The van der Waals surface area contributed by atoms with Crippen LogP contribution in [0.5, 0.6) is 0 Å². The highest BCUT2D eigenvalue weighted by molar-refractivity contribution is 5.79. The highest BCUT2D eigenvalue weighted by atomic mass is 16.6. The third-order valence-corrected chi connectivity index (χ3v) is 3.98. The molecule has 0 aromatic carbocycles. The van der Waals surface area contributed by atoms with Gasteiger partial charge >= 0.3 is 6.09 Å². The lowest BCUT2D eigenvalue weighted by Crippen LogP contribution is -2.45. The van der Waals surface area contributed by atoms with Gasteiger partial charge in [0.05, 0.1) is 0 Å². The molecule has 0 saturated carbocycles. The Morgan fingerprint density at radius 2 is 1.84 bits per heavy atom. The number of nitrogens with one attached hydrogen (secondary N) is 1. The van der Waals surface area contributed by atoms with Crippen molar-refractivity contribution < 1.29 is 14.3 Å². The van der Waals surface area contributed by atoms with Crippen LogP contribution in [0.15, 0.2) is 24.5 Å². The predicted octanol–water partition coefficient (Wildman–Crippen LogP) is 2.55. The molecule has 0 atom stereocenters. The van der Waals surface area contributed by atoms with Crippen LogP contribution in [0.3, 0.4) is 0 Å². The minimum absolute atomic E-state index is 0. The summed E-state index contributed by atoms with van der Waals surface area (Å²) in [4.78, 5) is 29.9. The van der Waals surface area contributed by atoms with E-state index in [0.29, 0.717) is 32.5 Å². The molecule has 25 heavy (non-hydrogen) atoms. The van der Waals surface area contributed by atoms with Crippen molar-refractivity contribution in [2.24, 2.45) is 5.92 Å². The molecule has 0 unspecified atom stereocenters. The van der Waals surface area contributed by atoms with E-state index in [2.05, 4.69) is 10.3 Å². The molecule has 7 nitrogen and oxygen atoms in total. The minimum Gasteiger partial charge on any atom is -0.444 e. The zero-order chi connectivity index (χ0) is 17.6. The van der Waals surface area contributed by atoms with Gasteiger partial charge in [-0.25, -0.2) is 4.79 Å². The molecule has 0 radical (unpaired) electrons. The molecule has 2 amide bonds. The summed E-state index contributed by atoms with van der Waals surface area (Å²) < 4.78 is 5.37. The largest absolute Gasteiger partial charge is 0.444 e. The fraction of sp³-hybridized carbons (Fsp3) is 0.611. The summed E-state index contributed by atoms with van der Waals surface area (Å²) in [7, 11) is 0. The summed E-state index contributed by atoms with van der Waals surface area (Å²) in [6.07, 6.45) is 5.37. The van der Waals surface area contributed by atoms with Crippen molar-refractivity contribution in [3.63, 3.8) is 0 Å². The molecule has 0 bridgehead atoms. The van der Waals surface area contributed by atoms with Gasteiger partial charge in [0.15, 0.2) is 0 Å². The van der Waals surface area contributed by atoms with Crippen LogP contribution in [0, 0.1) is 5.92 Å². The Morgan fingerprint density at radius 3 is 2.40 bits per heavy atom. The van der Waals surface area contributed by atoms with E-state index < -0.39 is 5.60 Å². The maximum Gasteiger partial charge on any atom is 0.410 e. The predicted molar refractivity (Wildman–Crippen MR) is 96.5 cm³/mol. The van der Waals surface area contributed by atoms with Crippen molar-refractivity contribution in [3.8, 4) is 0 Å².